The van der Waals surface area contributed by atoms with E-state index in [1.165, 1.54) is 0 Å². The Labute approximate surface area is 106 Å². The van der Waals surface area contributed by atoms with Crippen molar-refractivity contribution >= 4 is 11.6 Å². The fourth-order valence-corrected chi connectivity index (χ4v) is 1.84. The molecule has 0 amide bonds. The van der Waals surface area contributed by atoms with Gasteiger partial charge in [-0.05, 0) is 5.56 Å². The predicted octanol–water partition coefficient (Wildman–Crippen LogP) is 1.88. The molecule has 1 heterocycles. The fourth-order valence-electron chi connectivity index (χ4n) is 1.58. The first-order valence-electron chi connectivity index (χ1n) is 5.50. The van der Waals surface area contributed by atoms with Gasteiger partial charge < -0.3 is 5.32 Å². The van der Waals surface area contributed by atoms with Crippen molar-refractivity contribution in [2.75, 3.05) is 6.54 Å². The number of aromatic nitrogens is 3. The first kappa shape index (κ1) is 12.1. The maximum Gasteiger partial charge on any atom is 0.0964 e. The van der Waals surface area contributed by atoms with Crippen molar-refractivity contribution in [1.29, 1.82) is 0 Å². The molecule has 1 aromatic carbocycles. The van der Waals surface area contributed by atoms with Crippen molar-refractivity contribution in [3.05, 3.63) is 47.8 Å². The van der Waals surface area contributed by atoms with Gasteiger partial charge in [0, 0.05) is 26.3 Å². The zero-order chi connectivity index (χ0) is 12.1. The van der Waals surface area contributed by atoms with Gasteiger partial charge in [-0.2, -0.15) is 0 Å². The molecule has 90 valence electrons. The van der Waals surface area contributed by atoms with Gasteiger partial charge in [-0.15, -0.1) is 16.7 Å². The molecule has 1 N–H and O–H groups in total. The average Bonchev–Trinajstić information content (AvgIpc) is 2.76. The number of benzene rings is 1. The SMILES string of the molecule is Cn1cc(CNCC(Cl)c2ccccc2)nn1. The standard InChI is InChI=1S/C12H15ClN4/c1-17-9-11(15-16-17)7-14-8-12(13)10-5-3-2-4-6-10/h2-6,9,12,14H,7-8H2,1H3. The van der Waals surface area contributed by atoms with Crippen LogP contribution in [0.3, 0.4) is 0 Å². The van der Waals surface area contributed by atoms with E-state index in [1.54, 1.807) is 4.68 Å². The molecule has 1 atom stereocenters. The van der Waals surface area contributed by atoms with E-state index in [1.807, 2.05) is 43.6 Å². The van der Waals surface area contributed by atoms with Gasteiger partial charge in [0.25, 0.3) is 0 Å². The molecule has 0 aliphatic rings. The summed E-state index contributed by atoms with van der Waals surface area (Å²) in [5.41, 5.74) is 2.05. The number of rotatable bonds is 5. The number of hydrogen-bond acceptors (Lipinski definition) is 3. The molecule has 0 saturated heterocycles. The Morgan fingerprint density at radius 3 is 2.76 bits per heavy atom. The summed E-state index contributed by atoms with van der Waals surface area (Å²) in [6.45, 7) is 1.39. The van der Waals surface area contributed by atoms with Gasteiger partial charge >= 0.3 is 0 Å². The van der Waals surface area contributed by atoms with Crippen LogP contribution in [0.15, 0.2) is 36.5 Å². The highest BCUT2D eigenvalue weighted by Gasteiger charge is 2.06. The van der Waals surface area contributed by atoms with Crippen molar-refractivity contribution in [3.8, 4) is 0 Å². The Bertz CT molecular complexity index is 455. The van der Waals surface area contributed by atoms with Crippen LogP contribution in [-0.4, -0.2) is 21.5 Å². The smallest absolute Gasteiger partial charge is 0.0964 e. The predicted molar refractivity (Wildman–Crippen MR) is 67.7 cm³/mol. The Morgan fingerprint density at radius 2 is 2.12 bits per heavy atom. The van der Waals surface area contributed by atoms with Crippen LogP contribution < -0.4 is 5.32 Å². The van der Waals surface area contributed by atoms with Crippen LogP contribution in [0.4, 0.5) is 0 Å². The van der Waals surface area contributed by atoms with Crippen LogP contribution in [0.25, 0.3) is 0 Å². The molecule has 2 aromatic rings. The topological polar surface area (TPSA) is 42.7 Å². The molecule has 4 nitrogen and oxygen atoms in total. The minimum Gasteiger partial charge on any atom is -0.309 e. The lowest BCUT2D eigenvalue weighted by atomic mass is 10.1. The molecule has 17 heavy (non-hydrogen) atoms. The molecular formula is C12H15ClN4. The Hall–Kier alpha value is -1.39. The van der Waals surface area contributed by atoms with E-state index in [0.29, 0.717) is 13.1 Å². The third-order valence-electron chi connectivity index (χ3n) is 2.44. The summed E-state index contributed by atoms with van der Waals surface area (Å²) < 4.78 is 1.69. The molecule has 0 spiro atoms. The number of nitrogens with zero attached hydrogens (tertiary/aromatic N) is 3. The molecular weight excluding hydrogens is 236 g/mol. The molecule has 0 bridgehead atoms. The largest absolute Gasteiger partial charge is 0.309 e. The van der Waals surface area contributed by atoms with Gasteiger partial charge in [0.2, 0.25) is 0 Å². The first-order valence-corrected chi connectivity index (χ1v) is 5.94. The second-order valence-corrected chi connectivity index (χ2v) is 4.42. The maximum absolute atomic E-state index is 6.27. The first-order chi connectivity index (χ1) is 8.25. The highest BCUT2D eigenvalue weighted by Crippen LogP contribution is 2.18. The lowest BCUT2D eigenvalue weighted by Gasteiger charge is -2.09. The zero-order valence-electron chi connectivity index (χ0n) is 9.68. The fraction of sp³-hybridized carbons (Fsp3) is 0.333. The van der Waals surface area contributed by atoms with Crippen LogP contribution in [0.2, 0.25) is 0 Å². The number of hydrogen-bond donors (Lipinski definition) is 1. The molecule has 0 saturated carbocycles. The van der Waals surface area contributed by atoms with E-state index >= 15 is 0 Å². The summed E-state index contributed by atoms with van der Waals surface area (Å²) in [5.74, 6) is 0. The van der Waals surface area contributed by atoms with E-state index in [9.17, 15) is 0 Å². The van der Waals surface area contributed by atoms with Crippen molar-refractivity contribution in [2.24, 2.45) is 7.05 Å². The number of halogens is 1. The summed E-state index contributed by atoms with van der Waals surface area (Å²) in [4.78, 5) is 0. The molecule has 0 aliphatic heterocycles. The molecule has 0 radical (unpaired) electrons. The van der Waals surface area contributed by atoms with Gasteiger partial charge in [-0.3, -0.25) is 4.68 Å². The Morgan fingerprint density at radius 1 is 1.35 bits per heavy atom. The highest BCUT2D eigenvalue weighted by molar-refractivity contribution is 6.21. The minimum absolute atomic E-state index is 0.0205. The third kappa shape index (κ3) is 3.54. The summed E-state index contributed by atoms with van der Waals surface area (Å²) >= 11 is 6.27. The lowest BCUT2D eigenvalue weighted by Crippen LogP contribution is -2.18. The van der Waals surface area contributed by atoms with E-state index in [0.717, 1.165) is 11.3 Å². The molecule has 2 rings (SSSR count). The number of aryl methyl sites for hydroxylation is 1. The van der Waals surface area contributed by atoms with Crippen molar-refractivity contribution < 1.29 is 0 Å². The van der Waals surface area contributed by atoms with E-state index < -0.39 is 0 Å². The second kappa shape index (κ2) is 5.80. The molecule has 1 unspecified atom stereocenters. The van der Waals surface area contributed by atoms with E-state index in [-0.39, 0.29) is 5.38 Å². The van der Waals surface area contributed by atoms with E-state index in [2.05, 4.69) is 15.6 Å². The summed E-state index contributed by atoms with van der Waals surface area (Å²) in [5, 5.41) is 11.1. The minimum atomic E-state index is -0.0205. The molecule has 1 aromatic heterocycles. The quantitative estimate of drug-likeness (QED) is 0.824. The zero-order valence-corrected chi connectivity index (χ0v) is 10.4. The number of nitrogens with one attached hydrogen (secondary N) is 1. The van der Waals surface area contributed by atoms with Crippen molar-refractivity contribution in [2.45, 2.75) is 11.9 Å². The Balaban J connectivity index is 1.79. The average molecular weight is 251 g/mol. The van der Waals surface area contributed by atoms with Crippen LogP contribution in [0.1, 0.15) is 16.6 Å². The van der Waals surface area contributed by atoms with Crippen LogP contribution in [0.5, 0.6) is 0 Å². The van der Waals surface area contributed by atoms with Gasteiger partial charge in [0.1, 0.15) is 0 Å². The van der Waals surface area contributed by atoms with Crippen molar-refractivity contribution in [1.82, 2.24) is 20.3 Å². The molecule has 0 fully saturated rings. The van der Waals surface area contributed by atoms with Crippen LogP contribution in [0, 0.1) is 0 Å². The van der Waals surface area contributed by atoms with Crippen LogP contribution in [-0.2, 0) is 13.6 Å². The third-order valence-corrected chi connectivity index (χ3v) is 2.85. The van der Waals surface area contributed by atoms with Gasteiger partial charge in [-0.1, -0.05) is 35.5 Å². The monoisotopic (exact) mass is 250 g/mol. The Kier molecular flexibility index (Phi) is 4.12. The molecule has 5 heteroatoms. The van der Waals surface area contributed by atoms with Crippen LogP contribution >= 0.6 is 11.6 Å². The van der Waals surface area contributed by atoms with Gasteiger partial charge in [0.05, 0.1) is 11.1 Å². The lowest BCUT2D eigenvalue weighted by molar-refractivity contribution is 0.660. The second-order valence-electron chi connectivity index (χ2n) is 3.89. The molecule has 0 aliphatic carbocycles. The number of alkyl halides is 1. The normalized spacial score (nSPS) is 12.6. The van der Waals surface area contributed by atoms with Gasteiger partial charge in [-0.25, -0.2) is 0 Å². The summed E-state index contributed by atoms with van der Waals surface area (Å²) in [6.07, 6.45) is 1.89. The summed E-state index contributed by atoms with van der Waals surface area (Å²) in [6, 6.07) is 10.0. The van der Waals surface area contributed by atoms with E-state index in [4.69, 9.17) is 11.6 Å². The maximum atomic E-state index is 6.27. The van der Waals surface area contributed by atoms with Gasteiger partial charge in [0.15, 0.2) is 0 Å². The summed E-state index contributed by atoms with van der Waals surface area (Å²) in [7, 11) is 1.85. The van der Waals surface area contributed by atoms with Crippen molar-refractivity contribution in [3.63, 3.8) is 0 Å². The highest BCUT2D eigenvalue weighted by atomic mass is 35.5.